The molecule has 2 nitrogen and oxygen atoms in total. The topological polar surface area (TPSA) is 34.1 Å². The lowest BCUT2D eigenvalue weighted by Crippen LogP contribution is -2.36. The minimum Gasteiger partial charge on any atom is -0.299 e. The van der Waals surface area contributed by atoms with Crippen molar-refractivity contribution in [3.8, 4) is 0 Å². The Kier molecular flexibility index (Phi) is 22.9. The summed E-state index contributed by atoms with van der Waals surface area (Å²) in [7, 11) is 0. The van der Waals surface area contributed by atoms with Gasteiger partial charge in [0.2, 0.25) is 0 Å². The summed E-state index contributed by atoms with van der Waals surface area (Å²) in [4.78, 5) is 26.7. The van der Waals surface area contributed by atoms with Crippen molar-refractivity contribution in [2.24, 2.45) is 47.3 Å². The van der Waals surface area contributed by atoms with E-state index < -0.39 is 0 Å². The van der Waals surface area contributed by atoms with Crippen LogP contribution in [0.5, 0.6) is 0 Å². The fraction of sp³-hybridized carbons (Fsp3) is 0.960. The number of ketones is 2. The van der Waals surface area contributed by atoms with E-state index in [1.165, 1.54) is 205 Å². The zero-order chi connectivity index (χ0) is 36.6. The standard InChI is InChI=1S/C50H90O2/c1-3-5-7-9-11-13-15-17-19-21-27-41-29-25-31-43-39-45(35-37-47(41)43)49(51)33-23-24-34-50(52)46-36-38-48-42(30-26-32-44(48)40-46)28-22-20-18-16-14-12-10-8-6-4-2/h41-48H,3-40H2,1-2H3. The molecule has 0 amide bonds. The highest BCUT2D eigenvalue weighted by Gasteiger charge is 2.40. The zero-order valence-corrected chi connectivity index (χ0v) is 35.3. The fourth-order valence-corrected chi connectivity index (χ4v) is 12.3. The second kappa shape index (κ2) is 27.0. The van der Waals surface area contributed by atoms with E-state index in [2.05, 4.69) is 13.8 Å². The molecule has 4 aliphatic rings. The quantitative estimate of drug-likeness (QED) is 0.0720. The van der Waals surface area contributed by atoms with Crippen molar-refractivity contribution in [2.45, 2.75) is 258 Å². The van der Waals surface area contributed by atoms with E-state index in [1.807, 2.05) is 0 Å². The summed E-state index contributed by atoms with van der Waals surface area (Å²) in [6.45, 7) is 4.61. The minimum atomic E-state index is 0.322. The van der Waals surface area contributed by atoms with Crippen molar-refractivity contribution in [3.63, 3.8) is 0 Å². The summed E-state index contributed by atoms with van der Waals surface area (Å²) in [5, 5.41) is 0. The van der Waals surface area contributed by atoms with Crippen LogP contribution in [0.3, 0.4) is 0 Å². The number of Topliss-reactive ketones (excluding diaryl/α,β-unsaturated/α-hetero) is 2. The number of carbonyl (C=O) groups excluding carboxylic acids is 2. The molecule has 4 fully saturated rings. The molecule has 0 aromatic carbocycles. The van der Waals surface area contributed by atoms with E-state index >= 15 is 0 Å². The van der Waals surface area contributed by atoms with Crippen LogP contribution >= 0.6 is 0 Å². The highest BCUT2D eigenvalue weighted by molar-refractivity contribution is 5.82. The van der Waals surface area contributed by atoms with Crippen molar-refractivity contribution in [1.29, 1.82) is 0 Å². The number of unbranched alkanes of at least 4 members (excludes halogenated alkanes) is 19. The molecule has 0 aromatic heterocycles. The number of carbonyl (C=O) groups is 2. The van der Waals surface area contributed by atoms with Crippen molar-refractivity contribution >= 4 is 11.6 Å². The Morgan fingerprint density at radius 1 is 0.385 bits per heavy atom. The van der Waals surface area contributed by atoms with Crippen LogP contribution in [0.4, 0.5) is 0 Å². The summed E-state index contributed by atoms with van der Waals surface area (Å²) in [5.74, 6) is 7.05. The molecule has 302 valence electrons. The molecule has 4 aliphatic carbocycles. The Hall–Kier alpha value is -0.660. The van der Waals surface area contributed by atoms with Crippen molar-refractivity contribution in [2.75, 3.05) is 0 Å². The van der Waals surface area contributed by atoms with Crippen LogP contribution < -0.4 is 0 Å². The minimum absolute atomic E-state index is 0.322. The molecule has 0 spiro atoms. The first-order chi connectivity index (χ1) is 25.6. The molecule has 4 rings (SSSR count). The third-order valence-corrected chi connectivity index (χ3v) is 15.5. The lowest BCUT2D eigenvalue weighted by atomic mass is 9.61. The molecule has 0 bridgehead atoms. The van der Waals surface area contributed by atoms with Gasteiger partial charge in [0.05, 0.1) is 0 Å². The van der Waals surface area contributed by atoms with Gasteiger partial charge in [0.25, 0.3) is 0 Å². The highest BCUT2D eigenvalue weighted by atomic mass is 16.1. The van der Waals surface area contributed by atoms with Crippen molar-refractivity contribution in [1.82, 2.24) is 0 Å². The van der Waals surface area contributed by atoms with Gasteiger partial charge in [0.1, 0.15) is 11.6 Å². The van der Waals surface area contributed by atoms with E-state index in [0.717, 1.165) is 74.0 Å². The largest absolute Gasteiger partial charge is 0.299 e. The first kappa shape index (κ1) is 44.1. The predicted molar refractivity (Wildman–Crippen MR) is 225 cm³/mol. The summed E-state index contributed by atoms with van der Waals surface area (Å²) in [5.41, 5.74) is 0. The van der Waals surface area contributed by atoms with Crippen LogP contribution in [0, 0.1) is 47.3 Å². The molecule has 0 heterocycles. The molecule has 0 radical (unpaired) electrons. The van der Waals surface area contributed by atoms with Crippen LogP contribution in [0.25, 0.3) is 0 Å². The van der Waals surface area contributed by atoms with Gasteiger partial charge in [-0.25, -0.2) is 0 Å². The Bertz CT molecular complexity index is 849. The van der Waals surface area contributed by atoms with Crippen LogP contribution in [-0.2, 0) is 9.59 Å². The normalized spacial score (nSPS) is 29.0. The number of hydrogen-bond acceptors (Lipinski definition) is 2. The lowest BCUT2D eigenvalue weighted by molar-refractivity contribution is -0.127. The molecule has 0 saturated heterocycles. The third kappa shape index (κ3) is 16.2. The van der Waals surface area contributed by atoms with E-state index in [0.29, 0.717) is 23.4 Å². The number of rotatable bonds is 29. The van der Waals surface area contributed by atoms with Crippen LogP contribution in [0.1, 0.15) is 258 Å². The molecular weight excluding hydrogens is 633 g/mol. The SMILES string of the molecule is CCCCCCCCCCCCC1CCCC2CC(C(=O)CCCCC(=O)C3CCC4C(CCCCCCCCCCCC)CCCC4C3)CCC12. The number of hydrogen-bond donors (Lipinski definition) is 0. The maximum atomic E-state index is 13.4. The van der Waals surface area contributed by atoms with Gasteiger partial charge in [-0.1, -0.05) is 194 Å². The Balaban J connectivity index is 1.02. The van der Waals surface area contributed by atoms with Crippen molar-refractivity contribution < 1.29 is 9.59 Å². The maximum Gasteiger partial charge on any atom is 0.135 e. The summed E-state index contributed by atoms with van der Waals surface area (Å²) in [6, 6.07) is 0. The van der Waals surface area contributed by atoms with Gasteiger partial charge >= 0.3 is 0 Å². The molecule has 0 aliphatic heterocycles. The molecule has 2 heteroatoms. The summed E-state index contributed by atoms with van der Waals surface area (Å²) in [6.07, 6.45) is 50.6. The first-order valence-electron chi connectivity index (χ1n) is 24.7. The van der Waals surface area contributed by atoms with Crippen LogP contribution in [-0.4, -0.2) is 11.6 Å². The average Bonchev–Trinajstić information content (AvgIpc) is 3.17. The number of fused-ring (bicyclic) bond motifs is 2. The fourth-order valence-electron chi connectivity index (χ4n) is 12.3. The predicted octanol–water partition coefficient (Wildman–Crippen LogP) is 16.0. The smallest absolute Gasteiger partial charge is 0.135 e. The van der Waals surface area contributed by atoms with Crippen molar-refractivity contribution in [3.05, 3.63) is 0 Å². The van der Waals surface area contributed by atoms with E-state index in [9.17, 15) is 9.59 Å². The van der Waals surface area contributed by atoms with Gasteiger partial charge in [-0.2, -0.15) is 0 Å². The molecule has 52 heavy (non-hydrogen) atoms. The molecule has 8 unspecified atom stereocenters. The van der Waals surface area contributed by atoms with Crippen LogP contribution in [0.15, 0.2) is 0 Å². The zero-order valence-electron chi connectivity index (χ0n) is 35.3. The third-order valence-electron chi connectivity index (χ3n) is 15.5. The lowest BCUT2D eigenvalue weighted by Gasteiger charge is -2.44. The van der Waals surface area contributed by atoms with Crippen LogP contribution in [0.2, 0.25) is 0 Å². The molecular formula is C50H90O2. The van der Waals surface area contributed by atoms with Gasteiger partial charge in [0.15, 0.2) is 0 Å². The molecule has 0 N–H and O–H groups in total. The Morgan fingerprint density at radius 3 is 1.10 bits per heavy atom. The highest BCUT2D eigenvalue weighted by Crippen LogP contribution is 2.49. The second-order valence-corrected chi connectivity index (χ2v) is 19.3. The van der Waals surface area contributed by atoms with E-state index in [1.54, 1.807) is 0 Å². The molecule has 8 atom stereocenters. The van der Waals surface area contributed by atoms with E-state index in [4.69, 9.17) is 0 Å². The average molecular weight is 723 g/mol. The van der Waals surface area contributed by atoms with Gasteiger partial charge in [-0.05, 0) is 86.9 Å². The summed E-state index contributed by atoms with van der Waals surface area (Å²) >= 11 is 0. The Labute approximate surface area is 325 Å². The Morgan fingerprint density at radius 2 is 0.731 bits per heavy atom. The second-order valence-electron chi connectivity index (χ2n) is 19.3. The van der Waals surface area contributed by atoms with Gasteiger partial charge in [-0.3, -0.25) is 9.59 Å². The molecule has 0 aromatic rings. The first-order valence-corrected chi connectivity index (χ1v) is 24.7. The van der Waals surface area contributed by atoms with Gasteiger partial charge in [0, 0.05) is 24.7 Å². The maximum absolute atomic E-state index is 13.4. The van der Waals surface area contributed by atoms with E-state index in [-0.39, 0.29) is 0 Å². The molecule has 4 saturated carbocycles. The summed E-state index contributed by atoms with van der Waals surface area (Å²) < 4.78 is 0. The van der Waals surface area contributed by atoms with Gasteiger partial charge in [-0.15, -0.1) is 0 Å². The monoisotopic (exact) mass is 723 g/mol. The van der Waals surface area contributed by atoms with Gasteiger partial charge < -0.3 is 0 Å².